The first-order valence-electron chi connectivity index (χ1n) is 4.94. The molecule has 0 atom stereocenters. The number of benzene rings is 2. The first-order chi connectivity index (χ1) is 7.40. The van der Waals surface area contributed by atoms with Crippen molar-refractivity contribution in [2.75, 3.05) is 0 Å². The Kier molecular flexibility index (Phi) is 2.35. The molecule has 0 saturated carbocycles. The molecule has 70 valence electrons. The van der Waals surface area contributed by atoms with Crippen LogP contribution in [0.5, 0.6) is 0 Å². The second-order valence-corrected chi connectivity index (χ2v) is 5.47. The molecule has 0 bridgehead atoms. The number of fused-ring (bicyclic) bond motifs is 3. The predicted octanol–water partition coefficient (Wildman–Crippen LogP) is 2.80. The van der Waals surface area contributed by atoms with Gasteiger partial charge in [-0.1, -0.05) is 36.4 Å². The Morgan fingerprint density at radius 1 is 0.933 bits per heavy atom. The van der Waals surface area contributed by atoms with E-state index in [0.29, 0.717) is 0 Å². The molecule has 3 heteroatoms. The second kappa shape index (κ2) is 3.70. The Balaban J connectivity index is 2.53. The van der Waals surface area contributed by atoms with Gasteiger partial charge in [0.25, 0.3) is 0 Å². The van der Waals surface area contributed by atoms with E-state index in [1.165, 1.54) is 25.5 Å². The summed E-state index contributed by atoms with van der Waals surface area (Å²) in [4.78, 5) is 3.45. The van der Waals surface area contributed by atoms with Crippen LogP contribution in [0.2, 0.25) is 0 Å². The number of rotatable bonds is 1. The van der Waals surface area contributed by atoms with Gasteiger partial charge in [0.15, 0.2) is 0 Å². The van der Waals surface area contributed by atoms with Crippen molar-refractivity contribution in [3.8, 4) is 0 Å². The Labute approximate surface area is 101 Å². The second-order valence-electron chi connectivity index (χ2n) is 3.64. The van der Waals surface area contributed by atoms with Crippen molar-refractivity contribution in [3.05, 3.63) is 42.5 Å². The number of aromatic amines is 1. The topological polar surface area (TPSA) is 15.8 Å². The van der Waals surface area contributed by atoms with E-state index in [2.05, 4.69) is 47.4 Å². The third kappa shape index (κ3) is 1.44. The summed E-state index contributed by atoms with van der Waals surface area (Å²) in [5.41, 5.74) is 2.42. The van der Waals surface area contributed by atoms with Crippen LogP contribution >= 0.6 is 9.07 Å². The van der Waals surface area contributed by atoms with Crippen LogP contribution in [-0.2, 0) is 0 Å². The van der Waals surface area contributed by atoms with Crippen molar-refractivity contribution in [2.24, 2.45) is 0 Å². The van der Waals surface area contributed by atoms with E-state index >= 15 is 0 Å². The maximum Gasteiger partial charge on any atom is 0.541 e. The van der Waals surface area contributed by atoms with Gasteiger partial charge in [-0.15, -0.1) is 3.69 Å². The SMILES string of the molecule is [Cl][Mg][c]1cccc2c1[nH]c1ccccc12. The first kappa shape index (κ1) is 9.52. The number of para-hydroxylation sites is 2. The van der Waals surface area contributed by atoms with Gasteiger partial charge < -0.3 is 14.1 Å². The fourth-order valence-corrected chi connectivity index (χ4v) is 3.35. The van der Waals surface area contributed by atoms with Crippen LogP contribution in [0.15, 0.2) is 42.5 Å². The van der Waals surface area contributed by atoms with Crippen molar-refractivity contribution < 1.29 is 0 Å². The van der Waals surface area contributed by atoms with Gasteiger partial charge in [-0.25, -0.2) is 0 Å². The lowest BCUT2D eigenvalue weighted by atomic mass is 10.1. The van der Waals surface area contributed by atoms with Gasteiger partial charge in [-0.2, -0.15) is 0 Å². The molecular weight excluding hydrogens is 218 g/mol. The normalized spacial score (nSPS) is 10.7. The number of halogens is 1. The van der Waals surface area contributed by atoms with Crippen LogP contribution in [-0.4, -0.2) is 24.2 Å². The molecule has 1 N–H and O–H groups in total. The monoisotopic (exact) mass is 225 g/mol. The van der Waals surface area contributed by atoms with Gasteiger partial charge in [-0.05, 0) is 6.07 Å². The summed E-state index contributed by atoms with van der Waals surface area (Å²) in [5.74, 6) is 0. The van der Waals surface area contributed by atoms with Crippen molar-refractivity contribution in [3.63, 3.8) is 0 Å². The fourth-order valence-electron chi connectivity index (χ4n) is 2.05. The minimum atomic E-state index is -0.635. The van der Waals surface area contributed by atoms with Crippen molar-refractivity contribution in [2.45, 2.75) is 0 Å². The van der Waals surface area contributed by atoms with E-state index in [1.54, 1.807) is 0 Å². The lowest BCUT2D eigenvalue weighted by Crippen LogP contribution is -2.09. The number of hydrogen-bond donors (Lipinski definition) is 1. The Morgan fingerprint density at radius 3 is 2.60 bits per heavy atom. The summed E-state index contributed by atoms with van der Waals surface area (Å²) in [5, 5.41) is 2.57. The quantitative estimate of drug-likeness (QED) is 0.614. The molecule has 0 spiro atoms. The van der Waals surface area contributed by atoms with Gasteiger partial charge in [0.1, 0.15) is 0 Å². The van der Waals surface area contributed by atoms with Crippen LogP contribution < -0.4 is 3.69 Å². The molecule has 0 radical (unpaired) electrons. The molecule has 0 aliphatic heterocycles. The standard InChI is InChI=1S/C12H8N.ClH.Mg/c1-3-7-11-9(5-1)10-6-2-4-8-12(10)13-11;;/h1-7,13H;1H;/q;;+1/p-1. The zero-order valence-electron chi connectivity index (χ0n) is 8.13. The highest BCUT2D eigenvalue weighted by atomic mass is 35.5. The molecule has 0 amide bonds. The summed E-state index contributed by atoms with van der Waals surface area (Å²) in [7, 11) is 6.05. The molecule has 3 aromatic rings. The van der Waals surface area contributed by atoms with Gasteiger partial charge in [-0.3, -0.25) is 0 Å². The van der Waals surface area contributed by atoms with Crippen molar-refractivity contribution in [1.29, 1.82) is 0 Å². The molecule has 0 unspecified atom stereocenters. The van der Waals surface area contributed by atoms with Crippen LogP contribution in [0.3, 0.4) is 0 Å². The average molecular weight is 226 g/mol. The van der Waals surface area contributed by atoms with E-state index in [1.807, 2.05) is 0 Å². The zero-order chi connectivity index (χ0) is 10.3. The molecule has 0 saturated heterocycles. The van der Waals surface area contributed by atoms with E-state index in [-0.39, 0.29) is 0 Å². The largest absolute Gasteiger partial charge is 0.541 e. The minimum Gasteiger partial charge on any atom is -0.356 e. The average Bonchev–Trinajstić information content (AvgIpc) is 2.67. The molecule has 3 rings (SSSR count). The summed E-state index contributed by atoms with van der Waals surface area (Å²) < 4.78 is 1.30. The van der Waals surface area contributed by atoms with Crippen LogP contribution in [0.25, 0.3) is 21.8 Å². The van der Waals surface area contributed by atoms with Crippen LogP contribution in [0.1, 0.15) is 0 Å². The fraction of sp³-hybridized carbons (Fsp3) is 0. The van der Waals surface area contributed by atoms with Gasteiger partial charge in [0, 0.05) is 21.8 Å². The predicted molar refractivity (Wildman–Crippen MR) is 67.0 cm³/mol. The lowest BCUT2D eigenvalue weighted by Gasteiger charge is -1.96. The van der Waals surface area contributed by atoms with E-state index in [0.717, 1.165) is 0 Å². The highest BCUT2D eigenvalue weighted by Gasteiger charge is 2.07. The highest BCUT2D eigenvalue weighted by molar-refractivity contribution is 7.02. The molecule has 0 fully saturated rings. The summed E-state index contributed by atoms with van der Waals surface area (Å²) in [6.07, 6.45) is 0. The maximum atomic E-state index is 6.05. The van der Waals surface area contributed by atoms with E-state index in [4.69, 9.17) is 9.07 Å². The molecule has 15 heavy (non-hydrogen) atoms. The summed E-state index contributed by atoms with van der Waals surface area (Å²) in [6, 6.07) is 14.7. The first-order valence-corrected chi connectivity index (χ1v) is 7.79. The maximum absolute atomic E-state index is 6.05. The molecule has 1 nitrogen and oxygen atoms in total. The molecule has 1 heterocycles. The summed E-state index contributed by atoms with van der Waals surface area (Å²) in [6.45, 7) is 0. The Bertz CT molecular complexity index is 630. The van der Waals surface area contributed by atoms with E-state index in [9.17, 15) is 0 Å². The lowest BCUT2D eigenvalue weighted by molar-refractivity contribution is 1.56. The minimum absolute atomic E-state index is 0.635. The number of hydrogen-bond acceptors (Lipinski definition) is 0. The number of aromatic nitrogens is 1. The molecule has 0 aliphatic rings. The highest BCUT2D eigenvalue weighted by Crippen LogP contribution is 2.23. The van der Waals surface area contributed by atoms with Gasteiger partial charge >= 0.3 is 19.3 Å². The smallest absolute Gasteiger partial charge is 0.356 e. The van der Waals surface area contributed by atoms with Crippen LogP contribution in [0, 0.1) is 0 Å². The zero-order valence-corrected chi connectivity index (χ0v) is 10.3. The molecule has 1 aromatic heterocycles. The van der Waals surface area contributed by atoms with Crippen molar-refractivity contribution in [1.82, 2.24) is 4.98 Å². The Hall–Kier alpha value is -0.704. The van der Waals surface area contributed by atoms with Gasteiger partial charge in [0.05, 0.1) is 0 Å². The molecule has 2 aromatic carbocycles. The third-order valence-electron chi connectivity index (χ3n) is 2.77. The van der Waals surface area contributed by atoms with Crippen LogP contribution in [0.4, 0.5) is 0 Å². The third-order valence-corrected chi connectivity index (χ3v) is 4.51. The Morgan fingerprint density at radius 2 is 1.73 bits per heavy atom. The van der Waals surface area contributed by atoms with Gasteiger partial charge in [0.2, 0.25) is 0 Å². The number of H-pyrrole nitrogens is 1. The molecular formula is C12H8ClMgN. The summed E-state index contributed by atoms with van der Waals surface area (Å²) >= 11 is -0.635. The number of nitrogens with one attached hydrogen (secondary N) is 1. The van der Waals surface area contributed by atoms with E-state index < -0.39 is 19.3 Å². The van der Waals surface area contributed by atoms with Crippen molar-refractivity contribution >= 4 is 53.8 Å². The molecule has 0 aliphatic carbocycles.